The summed E-state index contributed by atoms with van der Waals surface area (Å²) in [5, 5.41) is 27.6. The number of nitrogens with zero attached hydrogens (tertiary/aromatic N) is 3. The van der Waals surface area contributed by atoms with E-state index in [4.69, 9.17) is 9.39 Å². The fourth-order valence-electron chi connectivity index (χ4n) is 2.83. The summed E-state index contributed by atoms with van der Waals surface area (Å²) in [5.74, 6) is -1.41. The van der Waals surface area contributed by atoms with E-state index in [1.54, 1.807) is 17.5 Å². The fourth-order valence-corrected chi connectivity index (χ4v) is 4.42. The van der Waals surface area contributed by atoms with Crippen molar-refractivity contribution in [3.8, 4) is 5.75 Å². The second-order valence-electron chi connectivity index (χ2n) is 6.36. The Hall–Kier alpha value is -2.94. The third-order valence-corrected chi connectivity index (χ3v) is 6.28. The highest BCUT2D eigenvalue weighted by molar-refractivity contribution is 7.84. The molecule has 3 heterocycles. The van der Waals surface area contributed by atoms with Crippen molar-refractivity contribution in [2.24, 2.45) is 5.16 Å². The van der Waals surface area contributed by atoms with Gasteiger partial charge in [-0.2, -0.15) is 13.1 Å². The molecule has 0 saturated carbocycles. The van der Waals surface area contributed by atoms with E-state index in [1.807, 2.05) is 0 Å². The number of pyridine rings is 1. The topological polar surface area (TPSA) is 171 Å². The highest BCUT2D eigenvalue weighted by Crippen LogP contribution is 2.23. The Kier molecular flexibility index (Phi) is 6.12. The van der Waals surface area contributed by atoms with Crippen molar-refractivity contribution in [2.45, 2.75) is 25.6 Å². The number of carbonyl (C=O) groups excluding carboxylic acids is 1. The zero-order chi connectivity index (χ0) is 22.1. The first-order chi connectivity index (χ1) is 14.1. The molecule has 4 N–H and O–H groups in total. The summed E-state index contributed by atoms with van der Waals surface area (Å²) >= 11 is 1.35. The number of nitrogens with one attached hydrogen (secondary N) is 1. The molecule has 12 nitrogen and oxygen atoms in total. The van der Waals surface area contributed by atoms with Gasteiger partial charge in [0.2, 0.25) is 5.43 Å². The van der Waals surface area contributed by atoms with Crippen LogP contribution in [0.3, 0.4) is 0 Å². The normalized spacial score (nSPS) is 19.6. The molecule has 0 spiro atoms. The first kappa shape index (κ1) is 21.8. The number of carbonyl (C=O) groups is 1. The van der Waals surface area contributed by atoms with Crippen LogP contribution in [0.15, 0.2) is 39.7 Å². The molecule has 1 saturated heterocycles. The van der Waals surface area contributed by atoms with Gasteiger partial charge in [0.25, 0.3) is 5.91 Å². The van der Waals surface area contributed by atoms with Crippen LogP contribution in [0.1, 0.15) is 17.5 Å². The molecule has 1 aliphatic heterocycles. The standard InChI is InChI=1S/C16H18N4O8S2/c1-9-15(16(23)20(9)30(25,26)27)17-6-11(14-3-2-4-29-14)18-28-8-10-5-12(21)13(22)7-19(10)24/h2-5,7,9,15,17,22,24H,6,8H2,1H3,(H,25,26,27)/b18-11+/t9-,15-/m0/s1. The summed E-state index contributed by atoms with van der Waals surface area (Å²) in [7, 11) is -4.61. The highest BCUT2D eigenvalue weighted by atomic mass is 32.2. The van der Waals surface area contributed by atoms with Gasteiger partial charge in [0.1, 0.15) is 17.4 Å². The first-order valence-corrected chi connectivity index (χ1v) is 10.8. The Bertz CT molecular complexity index is 1130. The van der Waals surface area contributed by atoms with Crippen molar-refractivity contribution in [3.05, 3.63) is 50.6 Å². The van der Waals surface area contributed by atoms with Crippen molar-refractivity contribution in [1.82, 2.24) is 14.4 Å². The van der Waals surface area contributed by atoms with E-state index in [9.17, 15) is 28.3 Å². The van der Waals surface area contributed by atoms with Gasteiger partial charge in [-0.15, -0.1) is 11.3 Å². The number of rotatable bonds is 8. The lowest BCUT2D eigenvalue weighted by atomic mass is 10.0. The van der Waals surface area contributed by atoms with Gasteiger partial charge in [-0.3, -0.25) is 19.5 Å². The van der Waals surface area contributed by atoms with Crippen LogP contribution in [0, 0.1) is 0 Å². The molecular formula is C16H18N4O8S2. The molecule has 0 unspecified atom stereocenters. The molecule has 1 amide bonds. The Labute approximate surface area is 174 Å². The van der Waals surface area contributed by atoms with Crippen molar-refractivity contribution >= 4 is 33.3 Å². The van der Waals surface area contributed by atoms with E-state index in [-0.39, 0.29) is 18.8 Å². The minimum absolute atomic E-state index is 0.0437. The molecule has 2 aromatic rings. The van der Waals surface area contributed by atoms with E-state index in [0.717, 1.165) is 12.3 Å². The lowest BCUT2D eigenvalue weighted by Gasteiger charge is -2.42. The Morgan fingerprint density at radius 3 is 2.73 bits per heavy atom. The maximum Gasteiger partial charge on any atom is 0.362 e. The van der Waals surface area contributed by atoms with Crippen LogP contribution < -0.4 is 10.7 Å². The van der Waals surface area contributed by atoms with Gasteiger partial charge in [0, 0.05) is 12.6 Å². The number of hydrogen-bond acceptors (Lipinski definition) is 10. The molecule has 2 atom stereocenters. The van der Waals surface area contributed by atoms with Gasteiger partial charge in [-0.1, -0.05) is 11.2 Å². The van der Waals surface area contributed by atoms with Gasteiger partial charge in [0.15, 0.2) is 12.4 Å². The Morgan fingerprint density at radius 2 is 2.13 bits per heavy atom. The summed E-state index contributed by atoms with van der Waals surface area (Å²) in [6.07, 6.45) is 0.830. The van der Waals surface area contributed by atoms with Gasteiger partial charge in [0.05, 0.1) is 17.1 Å². The number of β-lactam (4-membered cyclic amide) rings is 1. The van der Waals surface area contributed by atoms with Crippen molar-refractivity contribution in [1.29, 1.82) is 0 Å². The van der Waals surface area contributed by atoms with E-state index in [2.05, 4.69) is 10.5 Å². The zero-order valence-electron chi connectivity index (χ0n) is 15.5. The molecule has 1 fully saturated rings. The highest BCUT2D eigenvalue weighted by Gasteiger charge is 2.50. The molecule has 2 aromatic heterocycles. The first-order valence-electron chi connectivity index (χ1n) is 8.50. The van der Waals surface area contributed by atoms with Crippen molar-refractivity contribution < 1.29 is 32.9 Å². The molecular weight excluding hydrogens is 440 g/mol. The van der Waals surface area contributed by atoms with Crippen LogP contribution in [0.25, 0.3) is 0 Å². The zero-order valence-corrected chi connectivity index (χ0v) is 17.1. The minimum Gasteiger partial charge on any atom is -0.503 e. The van der Waals surface area contributed by atoms with E-state index < -0.39 is 39.5 Å². The number of hydrogen-bond donors (Lipinski definition) is 4. The second-order valence-corrected chi connectivity index (χ2v) is 8.60. The Morgan fingerprint density at radius 1 is 1.40 bits per heavy atom. The Balaban J connectivity index is 1.68. The van der Waals surface area contributed by atoms with Crippen LogP contribution >= 0.6 is 11.3 Å². The summed E-state index contributed by atoms with van der Waals surface area (Å²) in [6.45, 7) is 1.23. The molecule has 0 aliphatic carbocycles. The van der Waals surface area contributed by atoms with Crippen LogP contribution in [0.4, 0.5) is 0 Å². The molecule has 162 valence electrons. The lowest BCUT2D eigenvalue weighted by Crippen LogP contribution is -2.70. The van der Waals surface area contributed by atoms with Crippen LogP contribution in [-0.4, -0.2) is 62.6 Å². The number of amides is 1. The molecule has 3 rings (SSSR count). The summed E-state index contributed by atoms with van der Waals surface area (Å²) < 4.78 is 32.3. The predicted octanol–water partition coefficient (Wildman–Crippen LogP) is -0.235. The van der Waals surface area contributed by atoms with Gasteiger partial charge in [-0.25, -0.2) is 4.31 Å². The van der Waals surface area contributed by atoms with Gasteiger partial charge in [-0.05, 0) is 18.4 Å². The van der Waals surface area contributed by atoms with Gasteiger partial charge >= 0.3 is 10.3 Å². The molecule has 0 radical (unpaired) electrons. The summed E-state index contributed by atoms with van der Waals surface area (Å²) in [5.41, 5.74) is -0.253. The predicted molar refractivity (Wildman–Crippen MR) is 105 cm³/mol. The molecule has 0 bridgehead atoms. The van der Waals surface area contributed by atoms with E-state index in [1.165, 1.54) is 18.3 Å². The quantitative estimate of drug-likeness (QED) is 0.137. The maximum absolute atomic E-state index is 12.0. The molecule has 1 aliphatic rings. The molecule has 30 heavy (non-hydrogen) atoms. The summed E-state index contributed by atoms with van der Waals surface area (Å²) in [6, 6.07) is 2.91. The monoisotopic (exact) mass is 458 g/mol. The molecule has 0 aromatic carbocycles. The minimum atomic E-state index is -4.61. The number of oxime groups is 1. The van der Waals surface area contributed by atoms with Crippen LogP contribution in [0.5, 0.6) is 5.75 Å². The largest absolute Gasteiger partial charge is 0.503 e. The van der Waals surface area contributed by atoms with E-state index >= 15 is 0 Å². The third-order valence-electron chi connectivity index (χ3n) is 4.36. The average Bonchev–Trinajstić information content (AvgIpc) is 3.18. The van der Waals surface area contributed by atoms with Gasteiger partial charge < -0.3 is 15.2 Å². The second kappa shape index (κ2) is 8.43. The van der Waals surface area contributed by atoms with Crippen molar-refractivity contribution in [3.63, 3.8) is 0 Å². The fraction of sp³-hybridized carbons (Fsp3) is 0.312. The van der Waals surface area contributed by atoms with Crippen LogP contribution in [0.2, 0.25) is 0 Å². The number of aromatic nitrogens is 1. The van der Waals surface area contributed by atoms with Crippen molar-refractivity contribution in [2.75, 3.05) is 6.54 Å². The lowest BCUT2D eigenvalue weighted by molar-refractivity contribution is -0.141. The smallest absolute Gasteiger partial charge is 0.362 e. The SMILES string of the molecule is C[C@H]1[C@H](NC/C(=N\OCc2cc(=O)c(O)cn2O)c2cccs2)C(=O)N1S(=O)(=O)O. The maximum atomic E-state index is 12.0. The third kappa shape index (κ3) is 4.46. The van der Waals surface area contributed by atoms with Crippen LogP contribution in [-0.2, 0) is 26.5 Å². The average molecular weight is 458 g/mol. The molecule has 14 heteroatoms. The summed E-state index contributed by atoms with van der Waals surface area (Å²) in [4.78, 5) is 29.4. The number of aromatic hydroxyl groups is 1. The van der Waals surface area contributed by atoms with E-state index in [0.29, 0.717) is 19.6 Å². The number of thiophene rings is 1.